The minimum atomic E-state index is -0.361. The van der Waals surface area contributed by atoms with Crippen molar-refractivity contribution in [2.24, 2.45) is 0 Å². The Labute approximate surface area is 184 Å². The molecule has 0 saturated heterocycles. The average molecular weight is 427 g/mol. The van der Waals surface area contributed by atoms with E-state index < -0.39 is 0 Å². The van der Waals surface area contributed by atoms with E-state index in [-0.39, 0.29) is 17.5 Å². The highest BCUT2D eigenvalue weighted by Gasteiger charge is 2.22. The van der Waals surface area contributed by atoms with Gasteiger partial charge in [-0.15, -0.1) is 0 Å². The number of rotatable bonds is 4. The molecule has 0 aliphatic carbocycles. The van der Waals surface area contributed by atoms with Gasteiger partial charge in [-0.05, 0) is 53.6 Å². The van der Waals surface area contributed by atoms with Crippen LogP contribution in [0.4, 0.5) is 15.9 Å². The summed E-state index contributed by atoms with van der Waals surface area (Å²) in [5, 5.41) is 3.91. The van der Waals surface area contributed by atoms with Crippen molar-refractivity contribution in [2.45, 2.75) is 19.5 Å². The van der Waals surface area contributed by atoms with Crippen molar-refractivity contribution >= 4 is 28.3 Å². The number of pyridine rings is 2. The maximum Gasteiger partial charge on any atom is 0.259 e. The number of anilines is 2. The molecule has 0 unspecified atom stereocenters. The lowest BCUT2D eigenvalue weighted by atomic mass is 10.0. The molecule has 5 rings (SSSR count). The Morgan fingerprint density at radius 1 is 1.12 bits per heavy atom. The number of fused-ring (bicyclic) bond motifs is 2. The topological polar surface area (TPSA) is 84.1 Å². The Morgan fingerprint density at radius 3 is 2.78 bits per heavy atom. The van der Waals surface area contributed by atoms with Crippen LogP contribution in [-0.4, -0.2) is 27.3 Å². The molecule has 160 valence electrons. The number of hydrogen-bond donors (Lipinski definition) is 2. The molecule has 7 heteroatoms. The van der Waals surface area contributed by atoms with E-state index in [2.05, 4.69) is 32.3 Å². The van der Waals surface area contributed by atoms with Crippen LogP contribution in [0, 0.1) is 5.82 Å². The first-order valence-corrected chi connectivity index (χ1v) is 10.5. The number of nitrogens with two attached hydrogens (primary N) is 1. The summed E-state index contributed by atoms with van der Waals surface area (Å²) in [6.07, 6.45) is 2.61. The van der Waals surface area contributed by atoms with Crippen molar-refractivity contribution in [2.75, 3.05) is 17.6 Å². The van der Waals surface area contributed by atoms with Crippen molar-refractivity contribution in [3.63, 3.8) is 0 Å². The summed E-state index contributed by atoms with van der Waals surface area (Å²) in [6.45, 7) is 2.32. The highest BCUT2D eigenvalue weighted by molar-refractivity contribution is 6.07. The predicted molar refractivity (Wildman–Crippen MR) is 123 cm³/mol. The number of hydrogen-bond acceptors (Lipinski definition) is 5. The van der Waals surface area contributed by atoms with Gasteiger partial charge in [0.1, 0.15) is 11.6 Å². The van der Waals surface area contributed by atoms with E-state index in [0.29, 0.717) is 17.8 Å². The number of nitrogen functional groups attached to an aromatic ring is 1. The Bertz CT molecular complexity index is 1300. The molecule has 1 aliphatic heterocycles. The van der Waals surface area contributed by atoms with Crippen molar-refractivity contribution in [1.29, 1.82) is 0 Å². The standard InChI is InChI=1S/C25H22FN5O/c26-18-5-7-19(8-6-18)29-25(32)21-13-17-15-31(12-10-22(17)30-24(21)27)14-16-9-11-28-23-4-2-1-3-20(16)23/h1-9,11,13H,10,12,14-15H2,(H2,27,30)(H,29,32). The zero-order valence-electron chi connectivity index (χ0n) is 17.4. The first kappa shape index (κ1) is 20.1. The third-order valence-electron chi connectivity index (χ3n) is 5.76. The molecule has 32 heavy (non-hydrogen) atoms. The molecule has 1 amide bonds. The van der Waals surface area contributed by atoms with Crippen LogP contribution in [0.3, 0.4) is 0 Å². The van der Waals surface area contributed by atoms with Crippen LogP contribution in [0.5, 0.6) is 0 Å². The average Bonchev–Trinajstić information content (AvgIpc) is 2.80. The van der Waals surface area contributed by atoms with Crippen LogP contribution < -0.4 is 11.1 Å². The van der Waals surface area contributed by atoms with E-state index in [4.69, 9.17) is 5.73 Å². The molecular formula is C25H22FN5O. The molecule has 0 saturated carbocycles. The summed E-state index contributed by atoms with van der Waals surface area (Å²) in [7, 11) is 0. The zero-order valence-corrected chi connectivity index (χ0v) is 17.4. The van der Waals surface area contributed by atoms with Crippen LogP contribution >= 0.6 is 0 Å². The van der Waals surface area contributed by atoms with Crippen LogP contribution in [-0.2, 0) is 19.5 Å². The highest BCUT2D eigenvalue weighted by Crippen LogP contribution is 2.25. The van der Waals surface area contributed by atoms with Crippen molar-refractivity contribution in [3.05, 3.63) is 95.1 Å². The van der Waals surface area contributed by atoms with Crippen molar-refractivity contribution < 1.29 is 9.18 Å². The first-order valence-electron chi connectivity index (χ1n) is 10.5. The fourth-order valence-corrected chi connectivity index (χ4v) is 4.13. The largest absolute Gasteiger partial charge is 0.383 e. The maximum absolute atomic E-state index is 13.1. The summed E-state index contributed by atoms with van der Waals surface area (Å²) in [5.41, 5.74) is 11.0. The first-order chi connectivity index (χ1) is 15.6. The van der Waals surface area contributed by atoms with Gasteiger partial charge in [-0.1, -0.05) is 18.2 Å². The van der Waals surface area contributed by atoms with Crippen molar-refractivity contribution in [3.8, 4) is 0 Å². The molecule has 0 atom stereocenters. The number of carbonyl (C=O) groups is 1. The molecule has 2 aromatic heterocycles. The number of aromatic nitrogens is 2. The Balaban J connectivity index is 1.36. The number of halogens is 1. The van der Waals surface area contributed by atoms with Crippen LogP contribution in [0.25, 0.3) is 10.9 Å². The van der Waals surface area contributed by atoms with Gasteiger partial charge in [0.25, 0.3) is 5.91 Å². The Kier molecular flexibility index (Phi) is 5.25. The van der Waals surface area contributed by atoms with E-state index in [0.717, 1.165) is 41.7 Å². The summed E-state index contributed by atoms with van der Waals surface area (Å²) in [5.74, 6) is -0.515. The summed E-state index contributed by atoms with van der Waals surface area (Å²) >= 11 is 0. The number of para-hydroxylation sites is 1. The van der Waals surface area contributed by atoms with Gasteiger partial charge in [0, 0.05) is 49.0 Å². The van der Waals surface area contributed by atoms with E-state index in [1.807, 2.05) is 30.5 Å². The zero-order chi connectivity index (χ0) is 22.1. The Hall–Kier alpha value is -3.84. The second-order valence-corrected chi connectivity index (χ2v) is 7.94. The van der Waals surface area contributed by atoms with Gasteiger partial charge < -0.3 is 11.1 Å². The number of benzene rings is 2. The Morgan fingerprint density at radius 2 is 1.94 bits per heavy atom. The highest BCUT2D eigenvalue weighted by atomic mass is 19.1. The molecule has 0 radical (unpaired) electrons. The molecule has 3 heterocycles. The molecule has 3 N–H and O–H groups in total. The number of nitrogens with zero attached hydrogens (tertiary/aromatic N) is 3. The van der Waals surface area contributed by atoms with E-state index in [9.17, 15) is 9.18 Å². The second kappa shape index (κ2) is 8.36. The summed E-state index contributed by atoms with van der Waals surface area (Å²) in [6, 6.07) is 17.6. The van der Waals surface area contributed by atoms with Gasteiger partial charge in [0.15, 0.2) is 0 Å². The lowest BCUT2D eigenvalue weighted by Gasteiger charge is -2.29. The number of amides is 1. The predicted octanol–water partition coefficient (Wildman–Crippen LogP) is 4.16. The van der Waals surface area contributed by atoms with E-state index >= 15 is 0 Å². The molecule has 2 aromatic carbocycles. The monoisotopic (exact) mass is 427 g/mol. The fourth-order valence-electron chi connectivity index (χ4n) is 4.13. The van der Waals surface area contributed by atoms with Gasteiger partial charge >= 0.3 is 0 Å². The maximum atomic E-state index is 13.1. The molecule has 0 fully saturated rings. The molecular weight excluding hydrogens is 405 g/mol. The third kappa shape index (κ3) is 4.02. The van der Waals surface area contributed by atoms with Crippen LogP contribution in [0.15, 0.2) is 66.9 Å². The van der Waals surface area contributed by atoms with Gasteiger partial charge in [0.2, 0.25) is 0 Å². The smallest absolute Gasteiger partial charge is 0.259 e. The van der Waals surface area contributed by atoms with E-state index in [1.54, 1.807) is 0 Å². The minimum absolute atomic E-state index is 0.205. The molecule has 4 aromatic rings. The van der Waals surface area contributed by atoms with E-state index in [1.165, 1.54) is 29.8 Å². The lowest BCUT2D eigenvalue weighted by Crippen LogP contribution is -2.31. The molecule has 1 aliphatic rings. The van der Waals surface area contributed by atoms with Crippen LogP contribution in [0.2, 0.25) is 0 Å². The summed E-state index contributed by atoms with van der Waals surface area (Å²) < 4.78 is 13.1. The third-order valence-corrected chi connectivity index (χ3v) is 5.76. The fraction of sp³-hybridized carbons (Fsp3) is 0.160. The molecule has 6 nitrogen and oxygen atoms in total. The number of carbonyl (C=O) groups excluding carboxylic acids is 1. The van der Waals surface area contributed by atoms with Crippen molar-refractivity contribution in [1.82, 2.24) is 14.9 Å². The SMILES string of the molecule is Nc1nc2c(cc1C(=O)Nc1ccc(F)cc1)CN(Cc1ccnc3ccccc13)CC2. The van der Waals surface area contributed by atoms with Gasteiger partial charge in [0.05, 0.1) is 11.1 Å². The van der Waals surface area contributed by atoms with Gasteiger partial charge in [-0.2, -0.15) is 0 Å². The van der Waals surface area contributed by atoms with Gasteiger partial charge in [-0.25, -0.2) is 9.37 Å². The lowest BCUT2D eigenvalue weighted by molar-refractivity contribution is 0.102. The molecule has 0 spiro atoms. The van der Waals surface area contributed by atoms with Crippen LogP contribution in [0.1, 0.15) is 27.2 Å². The second-order valence-electron chi connectivity index (χ2n) is 7.94. The summed E-state index contributed by atoms with van der Waals surface area (Å²) in [4.78, 5) is 24.1. The normalized spacial score (nSPS) is 13.7. The molecule has 0 bridgehead atoms. The van der Waals surface area contributed by atoms with Gasteiger partial charge in [-0.3, -0.25) is 14.7 Å². The number of nitrogens with one attached hydrogen (secondary N) is 1. The quantitative estimate of drug-likeness (QED) is 0.511. The minimum Gasteiger partial charge on any atom is -0.383 e.